The number of piperazine rings is 1. The van der Waals surface area contributed by atoms with Crippen LogP contribution in [0.3, 0.4) is 0 Å². The van der Waals surface area contributed by atoms with E-state index in [1.165, 1.54) is 12.1 Å². The second-order valence-corrected chi connectivity index (χ2v) is 8.45. The Morgan fingerprint density at radius 2 is 1.73 bits per heavy atom. The molecule has 2 aromatic rings. The van der Waals surface area contributed by atoms with Gasteiger partial charge in [-0.1, -0.05) is 23.2 Å². The van der Waals surface area contributed by atoms with Gasteiger partial charge in [0.1, 0.15) is 5.82 Å². The van der Waals surface area contributed by atoms with Gasteiger partial charge in [-0.3, -0.25) is 9.69 Å². The van der Waals surface area contributed by atoms with Gasteiger partial charge in [0.15, 0.2) is 0 Å². The summed E-state index contributed by atoms with van der Waals surface area (Å²) in [5.74, 6) is -0.269. The summed E-state index contributed by atoms with van der Waals surface area (Å²) in [5, 5.41) is 0.819. The molecule has 30 heavy (non-hydrogen) atoms. The second kappa shape index (κ2) is 9.52. The molecule has 2 aromatic carbocycles. The van der Waals surface area contributed by atoms with Crippen LogP contribution in [0.15, 0.2) is 42.5 Å². The molecule has 0 aromatic heterocycles. The molecule has 4 rings (SSSR count). The van der Waals surface area contributed by atoms with Crippen molar-refractivity contribution >= 4 is 34.8 Å². The summed E-state index contributed by atoms with van der Waals surface area (Å²) in [6, 6.07) is 11.6. The quantitative estimate of drug-likeness (QED) is 0.708. The van der Waals surface area contributed by atoms with E-state index >= 15 is 0 Å². The minimum absolute atomic E-state index is 0.0251. The molecule has 2 aliphatic rings. The number of carbonyl (C=O) groups is 1. The summed E-state index contributed by atoms with van der Waals surface area (Å²) < 4.78 is 19.1. The fourth-order valence-corrected chi connectivity index (χ4v) is 4.25. The van der Waals surface area contributed by atoms with Gasteiger partial charge in [-0.05, 0) is 42.5 Å². The maximum atomic E-state index is 13.1. The average Bonchev–Trinajstić information content (AvgIpc) is 2.76. The van der Waals surface area contributed by atoms with Crippen molar-refractivity contribution in [3.8, 4) is 0 Å². The Morgan fingerprint density at radius 3 is 2.43 bits per heavy atom. The van der Waals surface area contributed by atoms with Crippen LogP contribution < -0.4 is 4.90 Å². The first kappa shape index (κ1) is 21.4. The van der Waals surface area contributed by atoms with Crippen LogP contribution in [0, 0.1) is 5.82 Å². The Bertz CT molecular complexity index is 888. The lowest BCUT2D eigenvalue weighted by molar-refractivity contribution is -0.0363. The van der Waals surface area contributed by atoms with Crippen molar-refractivity contribution in [2.45, 2.75) is 6.10 Å². The van der Waals surface area contributed by atoms with Crippen LogP contribution in [0.4, 0.5) is 10.1 Å². The molecule has 2 heterocycles. The smallest absolute Gasteiger partial charge is 0.254 e. The first-order chi connectivity index (χ1) is 14.5. The number of halogens is 3. The molecule has 0 unspecified atom stereocenters. The van der Waals surface area contributed by atoms with Crippen LogP contribution in [0.25, 0.3) is 0 Å². The SMILES string of the molecule is O=C(c1ccc(Cl)c(Cl)c1)N1CCO[C@H](CN2CCN(c3ccc(F)cc3)CC2)C1. The van der Waals surface area contributed by atoms with Crippen molar-refractivity contribution < 1.29 is 13.9 Å². The Balaban J connectivity index is 1.29. The number of benzene rings is 2. The fraction of sp³-hybridized carbons (Fsp3) is 0.409. The lowest BCUT2D eigenvalue weighted by Crippen LogP contribution is -2.53. The van der Waals surface area contributed by atoms with Crippen molar-refractivity contribution in [1.82, 2.24) is 9.80 Å². The lowest BCUT2D eigenvalue weighted by atomic mass is 10.1. The zero-order chi connectivity index (χ0) is 21.1. The predicted octanol–water partition coefficient (Wildman–Crippen LogP) is 3.80. The summed E-state index contributed by atoms with van der Waals surface area (Å²) in [5.41, 5.74) is 1.58. The second-order valence-electron chi connectivity index (χ2n) is 7.64. The molecular weight excluding hydrogens is 428 g/mol. The Kier molecular flexibility index (Phi) is 6.78. The van der Waals surface area contributed by atoms with Gasteiger partial charge >= 0.3 is 0 Å². The highest BCUT2D eigenvalue weighted by Gasteiger charge is 2.28. The average molecular weight is 452 g/mol. The molecule has 0 spiro atoms. The maximum Gasteiger partial charge on any atom is 0.254 e. The van der Waals surface area contributed by atoms with Gasteiger partial charge in [-0.25, -0.2) is 4.39 Å². The molecule has 2 aliphatic heterocycles. The van der Waals surface area contributed by atoms with Crippen LogP contribution in [-0.4, -0.2) is 74.2 Å². The Hall–Kier alpha value is -1.86. The summed E-state index contributed by atoms with van der Waals surface area (Å²) >= 11 is 12.0. The van der Waals surface area contributed by atoms with Gasteiger partial charge in [0.2, 0.25) is 0 Å². The highest BCUT2D eigenvalue weighted by atomic mass is 35.5. The van der Waals surface area contributed by atoms with E-state index in [2.05, 4.69) is 9.80 Å². The molecule has 0 radical (unpaired) electrons. The summed E-state index contributed by atoms with van der Waals surface area (Å²) in [4.78, 5) is 19.3. The van der Waals surface area contributed by atoms with E-state index in [-0.39, 0.29) is 17.8 Å². The summed E-state index contributed by atoms with van der Waals surface area (Å²) in [6.07, 6.45) is -0.0251. The van der Waals surface area contributed by atoms with Crippen LogP contribution in [0.5, 0.6) is 0 Å². The number of amides is 1. The van der Waals surface area contributed by atoms with Gasteiger partial charge in [0.25, 0.3) is 5.91 Å². The van der Waals surface area contributed by atoms with E-state index in [9.17, 15) is 9.18 Å². The maximum absolute atomic E-state index is 13.1. The number of rotatable bonds is 4. The third-order valence-corrected chi connectivity index (χ3v) is 6.36. The topological polar surface area (TPSA) is 36.0 Å². The van der Waals surface area contributed by atoms with Crippen LogP contribution in [0.1, 0.15) is 10.4 Å². The molecule has 0 bridgehead atoms. The third-order valence-electron chi connectivity index (χ3n) is 5.62. The molecule has 0 saturated carbocycles. The van der Waals surface area contributed by atoms with Crippen molar-refractivity contribution in [2.75, 3.05) is 57.3 Å². The van der Waals surface area contributed by atoms with E-state index in [0.29, 0.717) is 35.3 Å². The molecule has 1 amide bonds. The number of morpholine rings is 1. The molecule has 160 valence electrons. The number of ether oxygens (including phenoxy) is 1. The molecule has 5 nitrogen and oxygen atoms in total. The van der Waals surface area contributed by atoms with E-state index < -0.39 is 0 Å². The zero-order valence-corrected chi connectivity index (χ0v) is 18.1. The number of hydrogen-bond acceptors (Lipinski definition) is 4. The van der Waals surface area contributed by atoms with E-state index in [4.69, 9.17) is 27.9 Å². The van der Waals surface area contributed by atoms with Gasteiger partial charge in [0, 0.05) is 57.1 Å². The number of carbonyl (C=O) groups excluding carboxylic acids is 1. The monoisotopic (exact) mass is 451 g/mol. The molecule has 8 heteroatoms. The van der Waals surface area contributed by atoms with Crippen molar-refractivity contribution in [1.29, 1.82) is 0 Å². The first-order valence-corrected chi connectivity index (χ1v) is 10.8. The van der Waals surface area contributed by atoms with Gasteiger partial charge in [-0.15, -0.1) is 0 Å². The van der Waals surface area contributed by atoms with Gasteiger partial charge < -0.3 is 14.5 Å². The largest absolute Gasteiger partial charge is 0.373 e. The van der Waals surface area contributed by atoms with Crippen molar-refractivity contribution in [3.05, 3.63) is 63.9 Å². The molecule has 1 atom stereocenters. The molecule has 2 saturated heterocycles. The van der Waals surface area contributed by atoms with Crippen molar-refractivity contribution in [3.63, 3.8) is 0 Å². The lowest BCUT2D eigenvalue weighted by Gasteiger charge is -2.40. The minimum Gasteiger partial charge on any atom is -0.373 e. The Labute approximate surface area is 185 Å². The molecule has 0 N–H and O–H groups in total. The predicted molar refractivity (Wildman–Crippen MR) is 117 cm³/mol. The fourth-order valence-electron chi connectivity index (χ4n) is 3.95. The summed E-state index contributed by atoms with van der Waals surface area (Å²) in [6.45, 7) is 5.98. The van der Waals surface area contributed by atoms with E-state index in [1.807, 2.05) is 17.0 Å². The Morgan fingerprint density at radius 1 is 1.00 bits per heavy atom. The van der Waals surface area contributed by atoms with Crippen LogP contribution in [0.2, 0.25) is 10.0 Å². The van der Waals surface area contributed by atoms with Crippen molar-refractivity contribution in [2.24, 2.45) is 0 Å². The minimum atomic E-state index is -0.216. The zero-order valence-electron chi connectivity index (χ0n) is 16.6. The molecular formula is C22H24Cl2FN3O2. The van der Waals surface area contributed by atoms with E-state index in [1.54, 1.807) is 18.2 Å². The van der Waals surface area contributed by atoms with Crippen LogP contribution >= 0.6 is 23.2 Å². The highest BCUT2D eigenvalue weighted by Crippen LogP contribution is 2.24. The first-order valence-electron chi connectivity index (χ1n) is 10.1. The normalized spacial score (nSPS) is 20.4. The number of anilines is 1. The van der Waals surface area contributed by atoms with Gasteiger partial charge in [0.05, 0.1) is 22.8 Å². The van der Waals surface area contributed by atoms with Gasteiger partial charge in [-0.2, -0.15) is 0 Å². The number of hydrogen-bond donors (Lipinski definition) is 0. The standard InChI is InChI=1S/C22H24Cl2FN3O2/c23-20-6-1-16(13-21(20)24)22(29)28-11-12-30-19(15-28)14-26-7-9-27(10-8-26)18-4-2-17(25)3-5-18/h1-6,13,19H,7-12,14-15H2/t19-/m1/s1. The summed E-state index contributed by atoms with van der Waals surface area (Å²) in [7, 11) is 0. The van der Waals surface area contributed by atoms with E-state index in [0.717, 1.165) is 38.4 Å². The third kappa shape index (κ3) is 5.06. The number of nitrogens with zero attached hydrogens (tertiary/aromatic N) is 3. The molecule has 2 fully saturated rings. The van der Waals surface area contributed by atoms with Crippen LogP contribution in [-0.2, 0) is 4.74 Å². The highest BCUT2D eigenvalue weighted by molar-refractivity contribution is 6.42. The molecule has 0 aliphatic carbocycles.